The summed E-state index contributed by atoms with van der Waals surface area (Å²) in [6.07, 6.45) is 3.16. The predicted octanol–water partition coefficient (Wildman–Crippen LogP) is 3.00. The Labute approximate surface area is 117 Å². The largest absolute Gasteiger partial charge is 0.369 e. The molecule has 0 spiro atoms. The first kappa shape index (κ1) is 15.0. The van der Waals surface area contributed by atoms with E-state index in [1.54, 1.807) is 0 Å². The van der Waals surface area contributed by atoms with Gasteiger partial charge in [0.15, 0.2) is 0 Å². The van der Waals surface area contributed by atoms with E-state index in [1.807, 2.05) is 6.20 Å². The van der Waals surface area contributed by atoms with Crippen molar-refractivity contribution in [3.05, 3.63) is 17.8 Å². The Kier molecular flexibility index (Phi) is 6.20. The van der Waals surface area contributed by atoms with Gasteiger partial charge in [-0.2, -0.15) is 0 Å². The molecule has 4 unspecified atom stereocenters. The number of anilines is 1. The van der Waals surface area contributed by atoms with Gasteiger partial charge in [0, 0.05) is 31.4 Å². The van der Waals surface area contributed by atoms with E-state index in [0.29, 0.717) is 0 Å². The van der Waals surface area contributed by atoms with E-state index >= 15 is 0 Å². The van der Waals surface area contributed by atoms with E-state index in [1.165, 1.54) is 23.8 Å². The lowest BCUT2D eigenvalue weighted by Gasteiger charge is -2.21. The van der Waals surface area contributed by atoms with Crippen molar-refractivity contribution in [2.75, 3.05) is 25.0 Å². The average Bonchev–Trinajstić information content (AvgIpc) is 2.59. The zero-order chi connectivity index (χ0) is 13.0. The number of rotatable bonds is 4. The van der Waals surface area contributed by atoms with Gasteiger partial charge in [0.25, 0.3) is 0 Å². The number of pyridine rings is 1. The Hall–Kier alpha value is 0.630. The van der Waals surface area contributed by atoms with Gasteiger partial charge in [-0.15, -0.1) is 17.9 Å². The van der Waals surface area contributed by atoms with Crippen LogP contribution in [0.2, 0.25) is 0 Å². The van der Waals surface area contributed by atoms with E-state index in [2.05, 4.69) is 46.0 Å². The van der Waals surface area contributed by atoms with Gasteiger partial charge >= 0.3 is 0 Å². The van der Waals surface area contributed by atoms with Crippen molar-refractivity contribution in [3.63, 3.8) is 0 Å². The van der Waals surface area contributed by atoms with Crippen molar-refractivity contribution >= 4 is 44.2 Å². The summed E-state index contributed by atoms with van der Waals surface area (Å²) in [5.41, 5.74) is 1.42. The molecule has 0 aromatic carbocycles. The van der Waals surface area contributed by atoms with Crippen LogP contribution in [0.25, 0.3) is 0 Å². The second-order valence-electron chi connectivity index (χ2n) is 4.36. The van der Waals surface area contributed by atoms with Crippen LogP contribution in [0, 0.1) is 0 Å². The number of hydrogen-bond donors (Lipinski definition) is 1. The fraction of sp³-hybridized carbons (Fsp3) is 0.545. The van der Waals surface area contributed by atoms with Crippen LogP contribution in [0.3, 0.4) is 0 Å². The standard InChI is InChI=1S/C11H21N3P4/c1-2-6-14-7-5-13-11-9(8-14)10(3-4-12-11)18(16)17-15/h3-4,17H,2,5-8,15-16H2,1H3,(H,12,13). The van der Waals surface area contributed by atoms with E-state index in [-0.39, 0.29) is 7.30 Å². The molecule has 1 N–H and O–H groups in total. The highest BCUT2D eigenvalue weighted by Gasteiger charge is 2.19. The Bertz CT molecular complexity index is 402. The Balaban J connectivity index is 2.30. The van der Waals surface area contributed by atoms with Crippen LogP contribution in [-0.4, -0.2) is 29.5 Å². The molecule has 18 heavy (non-hydrogen) atoms. The van der Waals surface area contributed by atoms with Crippen molar-refractivity contribution in [2.45, 2.75) is 19.9 Å². The van der Waals surface area contributed by atoms with Gasteiger partial charge in [0.2, 0.25) is 0 Å². The maximum atomic E-state index is 4.51. The summed E-state index contributed by atoms with van der Waals surface area (Å²) in [5, 5.41) is 4.97. The van der Waals surface area contributed by atoms with Gasteiger partial charge < -0.3 is 5.32 Å². The number of hydrogen-bond acceptors (Lipinski definition) is 3. The minimum atomic E-state index is -0.128. The fourth-order valence-corrected chi connectivity index (χ4v) is 6.08. The molecule has 0 saturated heterocycles. The first-order valence-corrected chi connectivity index (χ1v) is 12.8. The minimum Gasteiger partial charge on any atom is -0.369 e. The summed E-state index contributed by atoms with van der Waals surface area (Å²) in [4.78, 5) is 7.04. The molecule has 1 aromatic rings. The third-order valence-electron chi connectivity index (χ3n) is 3.07. The average molecular weight is 319 g/mol. The fourth-order valence-electron chi connectivity index (χ4n) is 2.23. The molecule has 4 atom stereocenters. The monoisotopic (exact) mass is 319 g/mol. The molecular weight excluding hydrogens is 298 g/mol. The third kappa shape index (κ3) is 3.59. The molecule has 100 valence electrons. The van der Waals surface area contributed by atoms with Crippen LogP contribution in [0.4, 0.5) is 5.82 Å². The van der Waals surface area contributed by atoms with E-state index in [4.69, 9.17) is 0 Å². The van der Waals surface area contributed by atoms with Crippen LogP contribution in [-0.2, 0) is 6.54 Å². The number of fused-ring (bicyclic) bond motifs is 1. The molecule has 2 heterocycles. The highest BCUT2D eigenvalue weighted by atomic mass is 32.6. The normalized spacial score (nSPS) is 18.4. The number of nitrogens with one attached hydrogen (secondary N) is 1. The van der Waals surface area contributed by atoms with Crippen LogP contribution in [0.5, 0.6) is 0 Å². The Morgan fingerprint density at radius 1 is 1.61 bits per heavy atom. The van der Waals surface area contributed by atoms with Crippen LogP contribution >= 0.6 is 33.1 Å². The highest BCUT2D eigenvalue weighted by Crippen LogP contribution is 2.65. The van der Waals surface area contributed by atoms with Crippen molar-refractivity contribution in [1.29, 1.82) is 0 Å². The van der Waals surface area contributed by atoms with Crippen LogP contribution < -0.4 is 10.6 Å². The predicted molar refractivity (Wildman–Crippen MR) is 92.6 cm³/mol. The quantitative estimate of drug-likeness (QED) is 0.865. The molecule has 7 heteroatoms. The van der Waals surface area contributed by atoms with Gasteiger partial charge in [0.05, 0.1) is 0 Å². The van der Waals surface area contributed by atoms with Crippen molar-refractivity contribution < 1.29 is 0 Å². The SMILES string of the molecule is CCCN1CCNc2nccc(P(P)PP)c2C1. The zero-order valence-corrected chi connectivity index (χ0v) is 14.9. The molecular formula is C11H21N3P4. The number of nitrogens with zero attached hydrogens (tertiary/aromatic N) is 2. The summed E-state index contributed by atoms with van der Waals surface area (Å²) >= 11 is 0. The lowest BCUT2D eigenvalue weighted by molar-refractivity contribution is 0.281. The van der Waals surface area contributed by atoms with Gasteiger partial charge in [-0.3, -0.25) is 4.90 Å². The first-order valence-electron chi connectivity index (χ1n) is 6.21. The van der Waals surface area contributed by atoms with Crippen molar-refractivity contribution in [2.24, 2.45) is 0 Å². The molecule has 2 rings (SSSR count). The van der Waals surface area contributed by atoms with Crippen LogP contribution in [0.15, 0.2) is 12.3 Å². The molecule has 0 aliphatic carbocycles. The van der Waals surface area contributed by atoms with Crippen molar-refractivity contribution in [1.82, 2.24) is 9.88 Å². The lowest BCUT2D eigenvalue weighted by atomic mass is 10.2. The second-order valence-corrected chi connectivity index (χ2v) is 13.5. The summed E-state index contributed by atoms with van der Waals surface area (Å²) in [6, 6.07) is 2.20. The summed E-state index contributed by atoms with van der Waals surface area (Å²) < 4.78 is 0. The molecule has 1 aromatic heterocycles. The van der Waals surface area contributed by atoms with E-state index in [9.17, 15) is 0 Å². The summed E-state index contributed by atoms with van der Waals surface area (Å²) in [5.74, 6) is 1.10. The molecule has 0 radical (unpaired) electrons. The first-order chi connectivity index (χ1) is 8.76. The third-order valence-corrected chi connectivity index (χ3v) is 13.2. The van der Waals surface area contributed by atoms with Gasteiger partial charge in [-0.05, 0) is 31.6 Å². The van der Waals surface area contributed by atoms with Crippen LogP contribution in [0.1, 0.15) is 18.9 Å². The van der Waals surface area contributed by atoms with Gasteiger partial charge in [-0.25, -0.2) is 4.98 Å². The molecule has 1 aliphatic rings. The minimum absolute atomic E-state index is 0.128. The molecule has 0 bridgehead atoms. The van der Waals surface area contributed by atoms with Gasteiger partial charge in [0.1, 0.15) is 5.82 Å². The molecule has 1 aliphatic heterocycles. The maximum Gasteiger partial charge on any atom is 0.131 e. The van der Waals surface area contributed by atoms with E-state index in [0.717, 1.165) is 33.4 Å². The summed E-state index contributed by atoms with van der Waals surface area (Å²) in [7, 11) is 6.67. The smallest absolute Gasteiger partial charge is 0.131 e. The zero-order valence-electron chi connectivity index (χ0n) is 10.7. The highest BCUT2D eigenvalue weighted by molar-refractivity contribution is 8.63. The number of aromatic nitrogens is 1. The van der Waals surface area contributed by atoms with E-state index < -0.39 is 0 Å². The molecule has 0 saturated carbocycles. The second kappa shape index (κ2) is 7.42. The van der Waals surface area contributed by atoms with Gasteiger partial charge in [-0.1, -0.05) is 14.9 Å². The topological polar surface area (TPSA) is 28.2 Å². The Morgan fingerprint density at radius 2 is 2.44 bits per heavy atom. The lowest BCUT2D eigenvalue weighted by Crippen LogP contribution is -2.27. The molecule has 3 nitrogen and oxygen atoms in total. The maximum absolute atomic E-state index is 4.51. The summed E-state index contributed by atoms with van der Waals surface area (Å²) in [6.45, 7) is 6.58. The van der Waals surface area contributed by atoms with Crippen molar-refractivity contribution in [3.8, 4) is 0 Å². The molecule has 0 fully saturated rings. The Morgan fingerprint density at radius 3 is 3.17 bits per heavy atom. The molecule has 0 amide bonds.